The summed E-state index contributed by atoms with van der Waals surface area (Å²) in [5, 5.41) is 4.33. The van der Waals surface area contributed by atoms with Gasteiger partial charge >= 0.3 is 6.03 Å². The first kappa shape index (κ1) is 15.4. The highest BCUT2D eigenvalue weighted by Gasteiger charge is 2.23. The monoisotopic (exact) mass is 333 g/mol. The number of hydrogen-bond acceptors (Lipinski definition) is 4. The topological polar surface area (TPSA) is 54.3 Å². The number of rotatable bonds is 2. The molecule has 0 atom stereocenters. The van der Waals surface area contributed by atoms with E-state index in [1.165, 1.54) is 16.7 Å². The van der Waals surface area contributed by atoms with E-state index in [0.29, 0.717) is 18.9 Å². The molecule has 0 spiro atoms. The third-order valence-corrected chi connectivity index (χ3v) is 4.39. The van der Waals surface area contributed by atoms with Crippen molar-refractivity contribution in [1.82, 2.24) is 19.7 Å². The maximum atomic E-state index is 12.7. The maximum absolute atomic E-state index is 12.7. The molecular formula is C19H19N5O. The van der Waals surface area contributed by atoms with Gasteiger partial charge in [0.05, 0.1) is 0 Å². The highest BCUT2D eigenvalue weighted by atomic mass is 16.2. The van der Waals surface area contributed by atoms with E-state index in [2.05, 4.69) is 27.1 Å². The lowest BCUT2D eigenvalue weighted by atomic mass is 10.2. The summed E-state index contributed by atoms with van der Waals surface area (Å²) in [7, 11) is 0. The molecule has 0 bridgehead atoms. The Hall–Kier alpha value is -3.15. The van der Waals surface area contributed by atoms with Crippen molar-refractivity contribution in [2.45, 2.75) is 0 Å². The molecule has 6 nitrogen and oxygen atoms in total. The van der Waals surface area contributed by atoms with Crippen LogP contribution in [0.1, 0.15) is 0 Å². The summed E-state index contributed by atoms with van der Waals surface area (Å²) in [6, 6.07) is 19.8. The normalized spacial score (nSPS) is 14.6. The van der Waals surface area contributed by atoms with E-state index in [0.717, 1.165) is 18.7 Å². The first-order valence-corrected chi connectivity index (χ1v) is 8.37. The summed E-state index contributed by atoms with van der Waals surface area (Å²) in [6.07, 6.45) is 1.49. The van der Waals surface area contributed by atoms with Gasteiger partial charge in [-0.15, -0.1) is 5.10 Å². The van der Waals surface area contributed by atoms with E-state index in [1.807, 2.05) is 53.4 Å². The summed E-state index contributed by atoms with van der Waals surface area (Å²) in [5.74, 6) is 0.567. The first-order valence-electron chi connectivity index (χ1n) is 8.37. The number of carbonyl (C=O) groups excluding carboxylic acids is 1. The zero-order chi connectivity index (χ0) is 17.1. The summed E-state index contributed by atoms with van der Waals surface area (Å²) in [4.78, 5) is 21.0. The predicted molar refractivity (Wildman–Crippen MR) is 96.5 cm³/mol. The minimum Gasteiger partial charge on any atom is -0.368 e. The summed E-state index contributed by atoms with van der Waals surface area (Å²) in [6.45, 7) is 2.98. The number of para-hydroxylation sites is 1. The lowest BCUT2D eigenvalue weighted by molar-refractivity contribution is 0.192. The molecule has 6 heteroatoms. The van der Waals surface area contributed by atoms with Gasteiger partial charge in [0.25, 0.3) is 0 Å². The Bertz CT molecular complexity index is 839. The van der Waals surface area contributed by atoms with Crippen molar-refractivity contribution < 1.29 is 4.79 Å². The molecule has 3 aromatic rings. The Balaban J connectivity index is 1.42. The molecule has 25 heavy (non-hydrogen) atoms. The maximum Gasteiger partial charge on any atom is 0.346 e. The Morgan fingerprint density at radius 3 is 2.16 bits per heavy atom. The van der Waals surface area contributed by atoms with E-state index < -0.39 is 0 Å². The molecule has 2 aromatic carbocycles. The fourth-order valence-electron chi connectivity index (χ4n) is 3.01. The minimum absolute atomic E-state index is 0.123. The molecule has 1 aliphatic heterocycles. The summed E-state index contributed by atoms with van der Waals surface area (Å²) < 4.78 is 1.33. The van der Waals surface area contributed by atoms with Crippen molar-refractivity contribution in [2.24, 2.45) is 0 Å². The fraction of sp³-hybridized carbons (Fsp3) is 0.211. The van der Waals surface area contributed by atoms with Crippen molar-refractivity contribution in [3.8, 4) is 11.4 Å². The Labute approximate surface area is 146 Å². The van der Waals surface area contributed by atoms with Crippen LogP contribution in [0.25, 0.3) is 11.4 Å². The van der Waals surface area contributed by atoms with Crippen LogP contribution in [0.5, 0.6) is 0 Å². The fourth-order valence-corrected chi connectivity index (χ4v) is 3.01. The molecule has 1 amide bonds. The molecule has 0 saturated carbocycles. The molecule has 2 heterocycles. The number of hydrogen-bond donors (Lipinski definition) is 0. The zero-order valence-electron chi connectivity index (χ0n) is 13.8. The molecule has 1 aromatic heterocycles. The Morgan fingerprint density at radius 1 is 0.840 bits per heavy atom. The predicted octanol–water partition coefficient (Wildman–Crippen LogP) is 2.74. The van der Waals surface area contributed by atoms with Crippen molar-refractivity contribution in [3.63, 3.8) is 0 Å². The van der Waals surface area contributed by atoms with Crippen LogP contribution in [-0.4, -0.2) is 51.9 Å². The Kier molecular flexibility index (Phi) is 4.16. The molecule has 1 fully saturated rings. The van der Waals surface area contributed by atoms with Crippen LogP contribution in [0.15, 0.2) is 67.0 Å². The van der Waals surface area contributed by atoms with Crippen LogP contribution in [0.3, 0.4) is 0 Å². The standard InChI is InChI=1S/C19H19N5O/c25-19(24-15-20-18(21-24)16-7-3-1-4-8-16)23-13-11-22(12-14-23)17-9-5-2-6-10-17/h1-10,15H,11-14H2. The van der Waals surface area contributed by atoms with Gasteiger partial charge in [-0.25, -0.2) is 9.78 Å². The average molecular weight is 333 g/mol. The second-order valence-electron chi connectivity index (χ2n) is 5.97. The molecule has 0 N–H and O–H groups in total. The van der Waals surface area contributed by atoms with Crippen LogP contribution >= 0.6 is 0 Å². The van der Waals surface area contributed by atoms with Crippen molar-refractivity contribution in [2.75, 3.05) is 31.1 Å². The van der Waals surface area contributed by atoms with Gasteiger partial charge in [-0.1, -0.05) is 48.5 Å². The smallest absolute Gasteiger partial charge is 0.346 e. The summed E-state index contributed by atoms with van der Waals surface area (Å²) >= 11 is 0. The van der Waals surface area contributed by atoms with E-state index >= 15 is 0 Å². The second-order valence-corrected chi connectivity index (χ2v) is 5.97. The van der Waals surface area contributed by atoms with Gasteiger partial charge in [0.1, 0.15) is 6.33 Å². The average Bonchev–Trinajstić information content (AvgIpc) is 3.19. The number of carbonyl (C=O) groups is 1. The van der Waals surface area contributed by atoms with Gasteiger partial charge in [-0.2, -0.15) is 4.68 Å². The Morgan fingerprint density at radius 2 is 1.48 bits per heavy atom. The molecule has 126 valence electrons. The van der Waals surface area contributed by atoms with Crippen molar-refractivity contribution in [3.05, 3.63) is 67.0 Å². The van der Waals surface area contributed by atoms with Gasteiger partial charge < -0.3 is 9.80 Å². The molecule has 0 radical (unpaired) electrons. The number of aromatic nitrogens is 3. The minimum atomic E-state index is -0.123. The highest BCUT2D eigenvalue weighted by Crippen LogP contribution is 2.17. The molecular weight excluding hydrogens is 314 g/mol. The molecule has 4 rings (SSSR count). The van der Waals surface area contributed by atoms with E-state index in [4.69, 9.17) is 0 Å². The number of piperazine rings is 1. The van der Waals surface area contributed by atoms with Gasteiger partial charge in [0, 0.05) is 37.4 Å². The third-order valence-electron chi connectivity index (χ3n) is 4.39. The van der Waals surface area contributed by atoms with Crippen LogP contribution in [0.4, 0.5) is 10.5 Å². The quantitative estimate of drug-likeness (QED) is 0.724. The lowest BCUT2D eigenvalue weighted by Gasteiger charge is -2.35. The molecule has 1 aliphatic rings. The van der Waals surface area contributed by atoms with Gasteiger partial charge in [0.2, 0.25) is 0 Å². The zero-order valence-corrected chi connectivity index (χ0v) is 13.8. The molecule has 0 unspecified atom stereocenters. The van der Waals surface area contributed by atoms with Crippen LogP contribution in [0, 0.1) is 0 Å². The van der Waals surface area contributed by atoms with Gasteiger partial charge in [0.15, 0.2) is 5.82 Å². The van der Waals surface area contributed by atoms with E-state index in [1.54, 1.807) is 0 Å². The number of amides is 1. The van der Waals surface area contributed by atoms with Crippen molar-refractivity contribution in [1.29, 1.82) is 0 Å². The lowest BCUT2D eigenvalue weighted by Crippen LogP contribution is -2.50. The number of anilines is 1. The van der Waals surface area contributed by atoms with Crippen LogP contribution in [-0.2, 0) is 0 Å². The summed E-state index contributed by atoms with van der Waals surface area (Å²) in [5.41, 5.74) is 2.10. The molecule has 0 aliphatic carbocycles. The van der Waals surface area contributed by atoms with Gasteiger partial charge in [-0.3, -0.25) is 0 Å². The van der Waals surface area contributed by atoms with E-state index in [-0.39, 0.29) is 6.03 Å². The molecule has 1 saturated heterocycles. The largest absolute Gasteiger partial charge is 0.368 e. The van der Waals surface area contributed by atoms with Crippen LogP contribution < -0.4 is 4.90 Å². The SMILES string of the molecule is O=C(N1CCN(c2ccccc2)CC1)n1cnc(-c2ccccc2)n1. The number of benzene rings is 2. The van der Waals surface area contributed by atoms with Crippen LogP contribution in [0.2, 0.25) is 0 Å². The van der Waals surface area contributed by atoms with Crippen molar-refractivity contribution >= 4 is 11.7 Å². The highest BCUT2D eigenvalue weighted by molar-refractivity contribution is 5.76. The van der Waals surface area contributed by atoms with Gasteiger partial charge in [-0.05, 0) is 12.1 Å². The number of nitrogens with zero attached hydrogens (tertiary/aromatic N) is 5. The third kappa shape index (κ3) is 3.24. The van der Waals surface area contributed by atoms with E-state index in [9.17, 15) is 4.79 Å². The second kappa shape index (κ2) is 6.76. The first-order chi connectivity index (χ1) is 12.3.